The zero-order valence-electron chi connectivity index (χ0n) is 26.0. The normalized spacial score (nSPS) is 12.6. The number of aromatic amines is 1. The number of alkyl halides is 6. The zero-order valence-corrected chi connectivity index (χ0v) is 30.9. The van der Waals surface area contributed by atoms with Crippen LogP contribution in [0.4, 0.5) is 44.7 Å². The first-order valence-electron chi connectivity index (χ1n) is 12.5. The van der Waals surface area contributed by atoms with E-state index >= 15 is 0 Å². The first-order chi connectivity index (χ1) is 24.1. The number of hydrogen-bond acceptors (Lipinski definition) is 15. The van der Waals surface area contributed by atoms with Crippen LogP contribution in [0.1, 0.15) is 9.75 Å². The van der Waals surface area contributed by atoms with E-state index in [4.69, 9.17) is 0 Å². The number of carbonyl (C=O) groups excluding carboxylic acids is 2. The average Bonchev–Trinajstić information content (AvgIpc) is 3.83. The lowest BCUT2D eigenvalue weighted by Crippen LogP contribution is -2.37. The summed E-state index contributed by atoms with van der Waals surface area (Å²) < 4.78 is 140. The number of H-pyrrole nitrogens is 1. The Labute approximate surface area is 305 Å². The maximum Gasteiger partial charge on any atom is 0.432 e. The maximum atomic E-state index is 13.5. The lowest BCUT2D eigenvalue weighted by atomic mass is 10.4. The van der Waals surface area contributed by atoms with E-state index in [0.717, 1.165) is 23.4 Å². The number of rotatable bonds is 8. The van der Waals surface area contributed by atoms with Crippen LogP contribution in [-0.4, -0.2) is 69.3 Å². The number of amides is 2. The summed E-state index contributed by atoms with van der Waals surface area (Å²) >= 11 is -3.32. The molecule has 4 rings (SSSR count). The molecule has 17 nitrogen and oxygen atoms in total. The molecule has 4 aromatic heterocycles. The Morgan fingerprint density at radius 3 is 1.65 bits per heavy atom. The molecule has 3 N–H and O–H groups in total. The molecule has 0 bridgehead atoms. The van der Waals surface area contributed by atoms with Gasteiger partial charge >= 0.3 is 35.9 Å². The van der Waals surface area contributed by atoms with Gasteiger partial charge in [-0.3, -0.25) is 9.13 Å². The van der Waals surface area contributed by atoms with Crippen LogP contribution in [0.5, 0.6) is 0 Å². The van der Waals surface area contributed by atoms with E-state index in [2.05, 4.69) is 28.6 Å². The number of halogens is 8. The second kappa shape index (κ2) is 18.9. The number of methoxy groups -OCH3 is 1. The van der Waals surface area contributed by atoms with Crippen LogP contribution in [0.25, 0.3) is 0 Å². The molecule has 2 amide bonds. The predicted octanol–water partition coefficient (Wildman–Crippen LogP) is 3.78. The third kappa shape index (κ3) is 11.4. The van der Waals surface area contributed by atoms with Gasteiger partial charge in [0.15, 0.2) is 21.9 Å². The Morgan fingerprint density at radius 1 is 0.846 bits per heavy atom. The Morgan fingerprint density at radius 2 is 1.31 bits per heavy atom. The van der Waals surface area contributed by atoms with E-state index in [0.29, 0.717) is 20.6 Å². The van der Waals surface area contributed by atoms with E-state index in [1.165, 1.54) is 34.3 Å². The molecular formula is C21H20F8N8O9S6. The average molecular weight is 873 g/mol. The number of thiophene rings is 2. The molecule has 0 saturated heterocycles. The minimum absolute atomic E-state index is 0.00662. The van der Waals surface area contributed by atoms with Gasteiger partial charge in [-0.2, -0.15) is 45.9 Å². The van der Waals surface area contributed by atoms with Gasteiger partial charge in [0.2, 0.25) is 22.2 Å². The van der Waals surface area contributed by atoms with E-state index < -0.39 is 83.5 Å². The minimum Gasteiger partial charge on any atom is -0.451 e. The van der Waals surface area contributed by atoms with Crippen LogP contribution in [0.3, 0.4) is 0 Å². The van der Waals surface area contributed by atoms with Gasteiger partial charge in [-0.15, -0.1) is 37.6 Å². The largest absolute Gasteiger partial charge is 0.451 e. The van der Waals surface area contributed by atoms with Crippen LogP contribution >= 0.6 is 46.2 Å². The van der Waals surface area contributed by atoms with Crippen LogP contribution in [0.15, 0.2) is 40.5 Å². The smallest absolute Gasteiger partial charge is 0.432 e. The van der Waals surface area contributed by atoms with Crippen molar-refractivity contribution in [3.8, 4) is 0 Å². The highest BCUT2D eigenvalue weighted by Gasteiger charge is 2.40. The molecule has 0 saturated carbocycles. The fourth-order valence-electron chi connectivity index (χ4n) is 2.91. The summed E-state index contributed by atoms with van der Waals surface area (Å²) in [5.41, 5.74) is 1.91. The van der Waals surface area contributed by atoms with E-state index in [1.54, 1.807) is 13.3 Å². The first-order valence-corrected chi connectivity index (χ1v) is 18.8. The van der Waals surface area contributed by atoms with E-state index in [-0.39, 0.29) is 33.5 Å². The third-order valence-corrected chi connectivity index (χ3v) is 10.8. The summed E-state index contributed by atoms with van der Waals surface area (Å²) in [7, 11) is 3.96. The van der Waals surface area contributed by atoms with Crippen LogP contribution in [-0.2, 0) is 61.9 Å². The van der Waals surface area contributed by atoms with Crippen LogP contribution in [0, 0.1) is 11.6 Å². The second-order valence-electron chi connectivity index (χ2n) is 8.43. The molecule has 4 aromatic rings. The Balaban J connectivity index is 0.000000301. The molecule has 0 aliphatic carbocycles. The van der Waals surface area contributed by atoms with Crippen molar-refractivity contribution in [2.24, 2.45) is 14.1 Å². The summed E-state index contributed by atoms with van der Waals surface area (Å²) in [5, 5.41) is 11.6. The molecule has 0 aliphatic rings. The van der Waals surface area contributed by atoms with Crippen molar-refractivity contribution in [3.63, 3.8) is 0 Å². The van der Waals surface area contributed by atoms with Gasteiger partial charge in [-0.25, -0.2) is 41.5 Å². The van der Waals surface area contributed by atoms with Gasteiger partial charge in [0.1, 0.15) is 19.5 Å². The first kappa shape index (κ1) is 44.5. The fourth-order valence-corrected chi connectivity index (χ4v) is 7.55. The van der Waals surface area contributed by atoms with Crippen LogP contribution < -0.4 is 22.3 Å². The van der Waals surface area contributed by atoms with Crippen molar-refractivity contribution in [2.75, 3.05) is 19.6 Å². The molecule has 0 radical (unpaired) electrons. The summed E-state index contributed by atoms with van der Waals surface area (Å²) in [6.07, 6.45) is -7.54. The number of thioether (sulfide) groups is 2. The van der Waals surface area contributed by atoms with Gasteiger partial charge < -0.3 is 4.74 Å². The van der Waals surface area contributed by atoms with Crippen LogP contribution in [0.2, 0.25) is 0 Å². The van der Waals surface area contributed by atoms with Gasteiger partial charge in [-0.05, 0) is 12.5 Å². The van der Waals surface area contributed by atoms with Crippen molar-refractivity contribution in [3.05, 3.63) is 53.1 Å². The number of hydrogen-bond donors (Lipinski definition) is 3. The summed E-state index contributed by atoms with van der Waals surface area (Å²) in [6.45, 7) is 0. The topological polar surface area (TPSA) is 211 Å². The number of hydroxylamine groups is 2. The third-order valence-electron chi connectivity index (χ3n) is 5.18. The number of nitrogens with zero attached hydrogens (tertiary/aromatic N) is 5. The molecule has 31 heteroatoms. The number of ether oxygens (including phenoxy) is 1. The Bertz CT molecular complexity index is 2040. The summed E-state index contributed by atoms with van der Waals surface area (Å²) in [4.78, 5) is 39.4. The molecule has 2 atom stereocenters. The summed E-state index contributed by atoms with van der Waals surface area (Å²) in [5.74, 6) is -2.73. The van der Waals surface area contributed by atoms with Crippen molar-refractivity contribution < 1.29 is 66.4 Å². The van der Waals surface area contributed by atoms with Crippen molar-refractivity contribution >= 4 is 80.5 Å². The Hall–Kier alpha value is -3.62. The molecule has 0 aliphatic heterocycles. The summed E-state index contributed by atoms with van der Waals surface area (Å²) in [6, 6.07) is -1.31. The fraction of sp³-hybridized carbons (Fsp3) is 0.333. The zero-order chi connectivity index (χ0) is 39.7. The highest BCUT2D eigenvalue weighted by atomic mass is 32.2. The maximum absolute atomic E-state index is 13.5. The van der Waals surface area contributed by atoms with Crippen molar-refractivity contribution in [1.29, 1.82) is 0 Å². The Kier molecular flexibility index (Phi) is 16.2. The number of nitrogens with one attached hydrogen (secondary N) is 3. The number of carbonyl (C=O) groups is 2. The molecule has 2 unspecified atom stereocenters. The molecule has 0 aromatic carbocycles. The SMILES string of the molecule is COC(=O)NOS(=O)c1c(F)csc1C(F)(F)F.CSc1n[nH]c(=O)n1C.CSc1nn(C(=O)NOS(=O)c2c(F)csc2C(F)(F)F)c(=O)n1C. The monoisotopic (exact) mass is 872 g/mol. The number of aromatic nitrogens is 6. The van der Waals surface area contributed by atoms with Crippen molar-refractivity contribution in [2.45, 2.75) is 32.5 Å². The van der Waals surface area contributed by atoms with E-state index in [1.807, 2.05) is 6.26 Å². The molecule has 0 fully saturated rings. The molecule has 4 heterocycles. The highest BCUT2D eigenvalue weighted by molar-refractivity contribution is 7.98. The van der Waals surface area contributed by atoms with E-state index in [9.17, 15) is 62.7 Å². The molecular weight excluding hydrogens is 853 g/mol. The van der Waals surface area contributed by atoms with Gasteiger partial charge in [0.05, 0.1) is 7.11 Å². The molecule has 52 heavy (non-hydrogen) atoms. The van der Waals surface area contributed by atoms with Gasteiger partial charge in [-0.1, -0.05) is 23.5 Å². The highest BCUT2D eigenvalue weighted by Crippen LogP contribution is 2.40. The molecule has 0 spiro atoms. The predicted molar refractivity (Wildman–Crippen MR) is 168 cm³/mol. The standard InChI is InChI=1S/C10H8F4N4O4S3.C7H5F4NO4S2.C4H7N3OS/c1-17-8(23-2)15-18(9(17)20)7(19)16-22-25(21)5-4(11)3-24-6(5)10(12,13)14;1-15-6(13)12-16-18(14)4-3(8)2-17-5(4)7(9,10)11;1-7-3(8)5-6-4(7)9-2/h3H,1-2H3,(H,16,19);2H,1H3,(H,12,13);1-2H3,(H,5,8). The lowest BCUT2D eigenvalue weighted by molar-refractivity contribution is -0.137. The van der Waals surface area contributed by atoms with Gasteiger partial charge in [0.25, 0.3) is 0 Å². The minimum atomic E-state index is -4.95. The lowest BCUT2D eigenvalue weighted by Gasteiger charge is -2.07. The van der Waals surface area contributed by atoms with Crippen molar-refractivity contribution in [1.82, 2.24) is 40.1 Å². The molecule has 290 valence electrons. The van der Waals surface area contributed by atoms with Gasteiger partial charge in [0, 0.05) is 24.9 Å². The quantitative estimate of drug-likeness (QED) is 0.131. The second-order valence-corrected chi connectivity index (χ2v) is 13.8.